The molecule has 2 aromatic carbocycles. The zero-order chi connectivity index (χ0) is 21.0. The third-order valence-corrected chi connectivity index (χ3v) is 6.85. The number of ether oxygens (including phenoxy) is 1. The fourth-order valence-electron chi connectivity index (χ4n) is 3.53. The quantitative estimate of drug-likeness (QED) is 0.594. The second-order valence-electron chi connectivity index (χ2n) is 7.01. The van der Waals surface area contributed by atoms with Crippen LogP contribution in [-0.4, -0.2) is 58.4 Å². The number of aliphatic hydroxyl groups is 1. The predicted molar refractivity (Wildman–Crippen MR) is 114 cm³/mol. The average molecular weight is 459 g/mol. The van der Waals surface area contributed by atoms with Crippen LogP contribution in [0.25, 0.3) is 0 Å². The highest BCUT2D eigenvalue weighted by atomic mass is 35.5. The number of benzene rings is 2. The van der Waals surface area contributed by atoms with Crippen molar-refractivity contribution in [2.45, 2.75) is 17.4 Å². The molecule has 0 saturated carbocycles. The molecular weight excluding hydrogens is 435 g/mol. The molecular formula is C20H24Cl2N2O4S. The number of hydrogen-bond donors (Lipinski definition) is 2. The van der Waals surface area contributed by atoms with E-state index in [2.05, 4.69) is 9.62 Å². The molecule has 1 atom stereocenters. The zero-order valence-corrected chi connectivity index (χ0v) is 18.4. The predicted octanol–water partition coefficient (Wildman–Crippen LogP) is 2.86. The van der Waals surface area contributed by atoms with Crippen molar-refractivity contribution in [3.8, 4) is 0 Å². The lowest BCUT2D eigenvalue weighted by Gasteiger charge is -2.33. The maximum Gasteiger partial charge on any atom is 0.240 e. The molecule has 3 rings (SSSR count). The van der Waals surface area contributed by atoms with E-state index in [-0.39, 0.29) is 37.2 Å². The van der Waals surface area contributed by atoms with E-state index < -0.39 is 10.0 Å². The number of aliphatic hydroxyl groups excluding tert-OH is 1. The van der Waals surface area contributed by atoms with Crippen LogP contribution in [0.4, 0.5) is 0 Å². The van der Waals surface area contributed by atoms with Crippen LogP contribution in [0.15, 0.2) is 41.3 Å². The van der Waals surface area contributed by atoms with Gasteiger partial charge in [-0.25, -0.2) is 13.1 Å². The molecule has 0 spiro atoms. The van der Waals surface area contributed by atoms with E-state index >= 15 is 0 Å². The van der Waals surface area contributed by atoms with Crippen LogP contribution in [0.3, 0.4) is 0 Å². The standard InChI is InChI=1S/C20H24Cl2N2O4S/c1-24-12-18(17-10-15(21)11-20(22)19(17)13-24)14-3-2-4-16(9-14)29(26,27)23-5-7-28-8-6-25/h2-4,9-11,18,23,25H,5-8,12-13H2,1H3/t18-/m0/s1. The molecule has 0 amide bonds. The van der Waals surface area contributed by atoms with Gasteiger partial charge in [0.05, 0.1) is 24.7 Å². The molecule has 1 aliphatic heterocycles. The van der Waals surface area contributed by atoms with E-state index in [4.69, 9.17) is 33.0 Å². The third kappa shape index (κ3) is 5.49. The van der Waals surface area contributed by atoms with Crippen LogP contribution in [0.2, 0.25) is 10.0 Å². The Kier molecular flexibility index (Phi) is 7.56. The van der Waals surface area contributed by atoms with Gasteiger partial charge in [-0.05, 0) is 48.0 Å². The van der Waals surface area contributed by atoms with Gasteiger partial charge in [-0.2, -0.15) is 0 Å². The maximum atomic E-state index is 12.6. The normalized spacial score (nSPS) is 17.3. The van der Waals surface area contributed by atoms with E-state index in [0.717, 1.165) is 29.8 Å². The molecule has 0 fully saturated rings. The highest BCUT2D eigenvalue weighted by molar-refractivity contribution is 7.89. The zero-order valence-electron chi connectivity index (χ0n) is 16.1. The molecule has 0 bridgehead atoms. The maximum absolute atomic E-state index is 12.6. The summed E-state index contributed by atoms with van der Waals surface area (Å²) in [5, 5.41) is 9.89. The summed E-state index contributed by atoms with van der Waals surface area (Å²) in [7, 11) is -1.66. The molecule has 1 heterocycles. The average Bonchev–Trinajstić information content (AvgIpc) is 2.68. The SMILES string of the molecule is CN1Cc2c(Cl)cc(Cl)cc2[C@H](c2cccc(S(=O)(=O)NCCOCCO)c2)C1. The van der Waals surface area contributed by atoms with E-state index in [1.807, 2.05) is 19.2 Å². The number of sulfonamides is 1. The molecule has 0 aliphatic carbocycles. The first kappa shape index (κ1) is 22.5. The Labute approximate surface area is 181 Å². The molecule has 29 heavy (non-hydrogen) atoms. The Balaban J connectivity index is 1.87. The topological polar surface area (TPSA) is 78.9 Å². The van der Waals surface area contributed by atoms with Crippen molar-refractivity contribution in [3.63, 3.8) is 0 Å². The highest BCUT2D eigenvalue weighted by Crippen LogP contribution is 2.38. The number of hydrogen-bond acceptors (Lipinski definition) is 5. The number of nitrogens with zero attached hydrogens (tertiary/aromatic N) is 1. The Morgan fingerprint density at radius 3 is 2.79 bits per heavy atom. The largest absolute Gasteiger partial charge is 0.394 e. The lowest BCUT2D eigenvalue weighted by Crippen LogP contribution is -2.31. The van der Waals surface area contributed by atoms with Crippen molar-refractivity contribution in [1.29, 1.82) is 0 Å². The summed E-state index contributed by atoms with van der Waals surface area (Å²) >= 11 is 12.7. The summed E-state index contributed by atoms with van der Waals surface area (Å²) in [4.78, 5) is 2.35. The minimum absolute atomic E-state index is 0.0389. The molecule has 2 N–H and O–H groups in total. The van der Waals surface area contributed by atoms with E-state index in [9.17, 15) is 8.42 Å². The van der Waals surface area contributed by atoms with Crippen LogP contribution in [0.1, 0.15) is 22.6 Å². The molecule has 1 aliphatic rings. The summed E-state index contributed by atoms with van der Waals surface area (Å²) in [6, 6.07) is 10.6. The highest BCUT2D eigenvalue weighted by Gasteiger charge is 2.28. The molecule has 158 valence electrons. The fourth-order valence-corrected chi connectivity index (χ4v) is 5.16. The van der Waals surface area contributed by atoms with Crippen molar-refractivity contribution in [2.75, 3.05) is 40.0 Å². The number of nitrogens with one attached hydrogen (secondary N) is 1. The molecule has 0 radical (unpaired) electrons. The number of halogens is 2. The Morgan fingerprint density at radius 2 is 2.03 bits per heavy atom. The Bertz CT molecular complexity index is 969. The molecule has 0 saturated heterocycles. The first-order valence-electron chi connectivity index (χ1n) is 9.26. The second-order valence-corrected chi connectivity index (χ2v) is 9.62. The van der Waals surface area contributed by atoms with Crippen LogP contribution in [0, 0.1) is 0 Å². The van der Waals surface area contributed by atoms with Crippen molar-refractivity contribution >= 4 is 33.2 Å². The summed E-state index contributed by atoms with van der Waals surface area (Å²) < 4.78 is 32.9. The van der Waals surface area contributed by atoms with Gasteiger partial charge >= 0.3 is 0 Å². The first-order valence-corrected chi connectivity index (χ1v) is 11.5. The fraction of sp³-hybridized carbons (Fsp3) is 0.400. The van der Waals surface area contributed by atoms with Crippen LogP contribution < -0.4 is 4.72 Å². The van der Waals surface area contributed by atoms with Gasteiger partial charge in [0.2, 0.25) is 10.0 Å². The lowest BCUT2D eigenvalue weighted by atomic mass is 9.85. The van der Waals surface area contributed by atoms with Gasteiger partial charge in [0, 0.05) is 35.6 Å². The van der Waals surface area contributed by atoms with Crippen LogP contribution >= 0.6 is 23.2 Å². The Morgan fingerprint density at radius 1 is 1.24 bits per heavy atom. The number of fused-ring (bicyclic) bond motifs is 1. The lowest BCUT2D eigenvalue weighted by molar-refractivity contribution is 0.0961. The molecule has 2 aromatic rings. The van der Waals surface area contributed by atoms with Crippen molar-refractivity contribution < 1.29 is 18.3 Å². The minimum Gasteiger partial charge on any atom is -0.394 e. The number of rotatable bonds is 8. The van der Waals surface area contributed by atoms with Crippen LogP contribution in [-0.2, 0) is 21.3 Å². The van der Waals surface area contributed by atoms with Gasteiger partial charge in [-0.1, -0.05) is 35.3 Å². The van der Waals surface area contributed by atoms with E-state index in [0.29, 0.717) is 10.0 Å². The minimum atomic E-state index is -3.67. The summed E-state index contributed by atoms with van der Waals surface area (Å²) in [6.07, 6.45) is 0. The monoisotopic (exact) mass is 458 g/mol. The van der Waals surface area contributed by atoms with Crippen molar-refractivity contribution in [3.05, 3.63) is 63.1 Å². The van der Waals surface area contributed by atoms with Gasteiger partial charge < -0.3 is 14.7 Å². The third-order valence-electron chi connectivity index (χ3n) is 4.84. The van der Waals surface area contributed by atoms with Crippen molar-refractivity contribution in [2.24, 2.45) is 0 Å². The van der Waals surface area contributed by atoms with Crippen LogP contribution in [0.5, 0.6) is 0 Å². The first-order chi connectivity index (χ1) is 13.8. The number of likely N-dealkylation sites (N-methyl/N-ethyl adjacent to an activating group) is 1. The molecule has 9 heteroatoms. The Hall–Kier alpha value is -1.19. The molecule has 0 unspecified atom stereocenters. The summed E-state index contributed by atoms with van der Waals surface area (Å²) in [5.41, 5.74) is 2.93. The van der Waals surface area contributed by atoms with Gasteiger partial charge in [-0.3, -0.25) is 0 Å². The summed E-state index contributed by atoms with van der Waals surface area (Å²) in [6.45, 7) is 1.85. The van der Waals surface area contributed by atoms with Gasteiger partial charge in [0.25, 0.3) is 0 Å². The molecule has 6 nitrogen and oxygen atoms in total. The second kappa shape index (κ2) is 9.75. The molecule has 0 aromatic heterocycles. The van der Waals surface area contributed by atoms with Gasteiger partial charge in [0.1, 0.15) is 0 Å². The van der Waals surface area contributed by atoms with Crippen molar-refractivity contribution in [1.82, 2.24) is 9.62 Å². The smallest absolute Gasteiger partial charge is 0.240 e. The van der Waals surface area contributed by atoms with Gasteiger partial charge in [-0.15, -0.1) is 0 Å². The van der Waals surface area contributed by atoms with E-state index in [1.54, 1.807) is 24.3 Å². The van der Waals surface area contributed by atoms with E-state index in [1.165, 1.54) is 0 Å². The summed E-state index contributed by atoms with van der Waals surface area (Å²) in [5.74, 6) is -0.0389. The van der Waals surface area contributed by atoms with Gasteiger partial charge in [0.15, 0.2) is 0 Å².